The number of hydrogen-bond donors (Lipinski definition) is 1. The standard InChI is InChI=1S/C17H14N2O2/c1-21-14-8-9-15-13(11-14)7-10-16(18-15)19-17(20)12-5-3-2-4-6-12/h2-11H,1H3,(H,18,19,20). The predicted molar refractivity (Wildman–Crippen MR) is 82.7 cm³/mol. The molecule has 0 saturated heterocycles. The highest BCUT2D eigenvalue weighted by Crippen LogP contribution is 2.21. The van der Waals surface area contributed by atoms with Crippen LogP contribution in [0.3, 0.4) is 0 Å². The number of ether oxygens (including phenoxy) is 1. The summed E-state index contributed by atoms with van der Waals surface area (Å²) in [5.74, 6) is 1.14. The van der Waals surface area contributed by atoms with E-state index in [0.717, 1.165) is 16.7 Å². The lowest BCUT2D eigenvalue weighted by molar-refractivity contribution is 0.102. The van der Waals surface area contributed by atoms with Gasteiger partial charge in [-0.2, -0.15) is 0 Å². The number of carbonyl (C=O) groups excluding carboxylic acids is 1. The molecule has 104 valence electrons. The van der Waals surface area contributed by atoms with Crippen molar-refractivity contribution in [1.29, 1.82) is 0 Å². The zero-order valence-electron chi connectivity index (χ0n) is 11.5. The highest BCUT2D eigenvalue weighted by molar-refractivity contribution is 6.04. The summed E-state index contributed by atoms with van der Waals surface area (Å²) in [5.41, 5.74) is 1.41. The van der Waals surface area contributed by atoms with Gasteiger partial charge in [-0.15, -0.1) is 0 Å². The van der Waals surface area contributed by atoms with Crippen molar-refractivity contribution in [2.75, 3.05) is 12.4 Å². The summed E-state index contributed by atoms with van der Waals surface area (Å²) in [6, 6.07) is 18.4. The predicted octanol–water partition coefficient (Wildman–Crippen LogP) is 3.50. The van der Waals surface area contributed by atoms with Gasteiger partial charge in [-0.3, -0.25) is 4.79 Å². The molecule has 0 aliphatic rings. The van der Waals surface area contributed by atoms with Crippen LogP contribution in [0.4, 0.5) is 5.82 Å². The van der Waals surface area contributed by atoms with Crippen LogP contribution < -0.4 is 10.1 Å². The maximum Gasteiger partial charge on any atom is 0.256 e. The Kier molecular flexibility index (Phi) is 3.51. The lowest BCUT2D eigenvalue weighted by atomic mass is 10.2. The summed E-state index contributed by atoms with van der Waals surface area (Å²) < 4.78 is 5.18. The van der Waals surface area contributed by atoms with Crippen LogP contribution >= 0.6 is 0 Å². The quantitative estimate of drug-likeness (QED) is 0.797. The van der Waals surface area contributed by atoms with Crippen LogP contribution in [0.15, 0.2) is 60.7 Å². The Hall–Kier alpha value is -2.88. The summed E-state index contributed by atoms with van der Waals surface area (Å²) in [7, 11) is 1.63. The molecule has 3 aromatic rings. The molecular weight excluding hydrogens is 264 g/mol. The second-order valence-electron chi connectivity index (χ2n) is 4.58. The molecule has 0 fully saturated rings. The zero-order valence-corrected chi connectivity index (χ0v) is 11.5. The van der Waals surface area contributed by atoms with Crippen LogP contribution in [-0.2, 0) is 0 Å². The number of aromatic nitrogens is 1. The molecule has 1 N–H and O–H groups in total. The average molecular weight is 278 g/mol. The minimum Gasteiger partial charge on any atom is -0.497 e. The van der Waals surface area contributed by atoms with Crippen molar-refractivity contribution in [1.82, 2.24) is 4.98 Å². The number of benzene rings is 2. The van der Waals surface area contributed by atoms with Gasteiger partial charge in [0.25, 0.3) is 5.91 Å². The third kappa shape index (κ3) is 2.84. The Morgan fingerprint density at radius 1 is 1.05 bits per heavy atom. The minimum absolute atomic E-state index is 0.170. The summed E-state index contributed by atoms with van der Waals surface area (Å²) in [4.78, 5) is 16.5. The Bertz CT molecular complexity index is 785. The second-order valence-corrected chi connectivity index (χ2v) is 4.58. The molecule has 21 heavy (non-hydrogen) atoms. The topological polar surface area (TPSA) is 51.2 Å². The number of hydrogen-bond acceptors (Lipinski definition) is 3. The van der Waals surface area contributed by atoms with Gasteiger partial charge in [-0.05, 0) is 42.5 Å². The molecule has 4 nitrogen and oxygen atoms in total. The lowest BCUT2D eigenvalue weighted by Gasteiger charge is -2.06. The third-order valence-corrected chi connectivity index (χ3v) is 3.17. The van der Waals surface area contributed by atoms with Gasteiger partial charge in [0.2, 0.25) is 0 Å². The maximum absolute atomic E-state index is 12.1. The molecule has 2 aromatic carbocycles. The van der Waals surface area contributed by atoms with E-state index >= 15 is 0 Å². The van der Waals surface area contributed by atoms with Gasteiger partial charge < -0.3 is 10.1 Å². The average Bonchev–Trinajstić information content (AvgIpc) is 2.55. The van der Waals surface area contributed by atoms with E-state index in [4.69, 9.17) is 4.74 Å². The number of methoxy groups -OCH3 is 1. The molecule has 0 radical (unpaired) electrons. The minimum atomic E-state index is -0.170. The highest BCUT2D eigenvalue weighted by Gasteiger charge is 2.06. The van der Waals surface area contributed by atoms with Crippen LogP contribution in [0.1, 0.15) is 10.4 Å². The molecule has 1 aromatic heterocycles. The van der Waals surface area contributed by atoms with Crippen LogP contribution in [0.5, 0.6) is 5.75 Å². The fraction of sp³-hybridized carbons (Fsp3) is 0.0588. The molecule has 1 heterocycles. The first kappa shape index (κ1) is 13.1. The molecule has 0 bridgehead atoms. The molecule has 0 atom stereocenters. The zero-order chi connectivity index (χ0) is 14.7. The van der Waals surface area contributed by atoms with E-state index in [9.17, 15) is 4.79 Å². The molecule has 3 rings (SSSR count). The van der Waals surface area contributed by atoms with E-state index in [1.54, 1.807) is 25.3 Å². The molecule has 4 heteroatoms. The van der Waals surface area contributed by atoms with Gasteiger partial charge >= 0.3 is 0 Å². The van der Waals surface area contributed by atoms with Crippen molar-refractivity contribution in [2.45, 2.75) is 0 Å². The Morgan fingerprint density at radius 3 is 2.62 bits per heavy atom. The van der Waals surface area contributed by atoms with Crippen LogP contribution in [0.25, 0.3) is 10.9 Å². The first-order chi connectivity index (χ1) is 10.3. The molecule has 1 amide bonds. The number of fused-ring (bicyclic) bond motifs is 1. The summed E-state index contributed by atoms with van der Waals surface area (Å²) in [6.45, 7) is 0. The number of carbonyl (C=O) groups is 1. The number of amides is 1. The van der Waals surface area contributed by atoms with Gasteiger partial charge in [0.05, 0.1) is 12.6 Å². The van der Waals surface area contributed by atoms with Crippen molar-refractivity contribution in [3.05, 3.63) is 66.2 Å². The monoisotopic (exact) mass is 278 g/mol. The number of pyridine rings is 1. The molecule has 0 spiro atoms. The molecule has 0 unspecified atom stereocenters. The Morgan fingerprint density at radius 2 is 1.86 bits per heavy atom. The van der Waals surface area contributed by atoms with Crippen molar-refractivity contribution in [3.63, 3.8) is 0 Å². The number of anilines is 1. The van der Waals surface area contributed by atoms with Gasteiger partial charge in [0, 0.05) is 10.9 Å². The van der Waals surface area contributed by atoms with E-state index in [1.807, 2.05) is 42.5 Å². The van der Waals surface area contributed by atoms with Crippen molar-refractivity contribution < 1.29 is 9.53 Å². The number of nitrogens with zero attached hydrogens (tertiary/aromatic N) is 1. The summed E-state index contributed by atoms with van der Waals surface area (Å²) in [6.07, 6.45) is 0. The fourth-order valence-corrected chi connectivity index (χ4v) is 2.08. The fourth-order valence-electron chi connectivity index (χ4n) is 2.08. The molecule has 0 aliphatic carbocycles. The summed E-state index contributed by atoms with van der Waals surface area (Å²) in [5, 5.41) is 3.76. The van der Waals surface area contributed by atoms with Crippen LogP contribution in [-0.4, -0.2) is 18.0 Å². The molecule has 0 aliphatic heterocycles. The summed E-state index contributed by atoms with van der Waals surface area (Å²) >= 11 is 0. The van der Waals surface area contributed by atoms with E-state index in [2.05, 4.69) is 10.3 Å². The van der Waals surface area contributed by atoms with Crippen molar-refractivity contribution >= 4 is 22.6 Å². The normalized spacial score (nSPS) is 10.3. The Balaban J connectivity index is 1.86. The van der Waals surface area contributed by atoms with E-state index in [-0.39, 0.29) is 5.91 Å². The first-order valence-corrected chi connectivity index (χ1v) is 6.57. The lowest BCUT2D eigenvalue weighted by Crippen LogP contribution is -2.12. The van der Waals surface area contributed by atoms with E-state index < -0.39 is 0 Å². The van der Waals surface area contributed by atoms with Gasteiger partial charge in [-0.1, -0.05) is 18.2 Å². The first-order valence-electron chi connectivity index (χ1n) is 6.57. The van der Waals surface area contributed by atoms with Crippen LogP contribution in [0.2, 0.25) is 0 Å². The SMILES string of the molecule is COc1ccc2nc(NC(=O)c3ccccc3)ccc2c1. The largest absolute Gasteiger partial charge is 0.497 e. The van der Waals surface area contributed by atoms with Gasteiger partial charge in [0.15, 0.2) is 0 Å². The van der Waals surface area contributed by atoms with Crippen LogP contribution in [0, 0.1) is 0 Å². The third-order valence-electron chi connectivity index (χ3n) is 3.17. The molecular formula is C17H14N2O2. The second kappa shape index (κ2) is 5.63. The Labute approximate surface area is 122 Å². The number of rotatable bonds is 3. The number of nitrogens with one attached hydrogen (secondary N) is 1. The van der Waals surface area contributed by atoms with E-state index in [0.29, 0.717) is 11.4 Å². The maximum atomic E-state index is 12.1. The van der Waals surface area contributed by atoms with Crippen molar-refractivity contribution in [2.24, 2.45) is 0 Å². The van der Waals surface area contributed by atoms with Gasteiger partial charge in [-0.25, -0.2) is 4.98 Å². The van der Waals surface area contributed by atoms with E-state index in [1.165, 1.54) is 0 Å². The van der Waals surface area contributed by atoms with Gasteiger partial charge in [0.1, 0.15) is 11.6 Å². The smallest absolute Gasteiger partial charge is 0.256 e. The highest BCUT2D eigenvalue weighted by atomic mass is 16.5. The van der Waals surface area contributed by atoms with Crippen molar-refractivity contribution in [3.8, 4) is 5.75 Å². The molecule has 0 saturated carbocycles.